The molecule has 1 aliphatic carbocycles. The van der Waals surface area contributed by atoms with Gasteiger partial charge in [-0.05, 0) is 31.0 Å². The third-order valence-electron chi connectivity index (χ3n) is 4.87. The molecule has 0 bridgehead atoms. The van der Waals surface area contributed by atoms with Gasteiger partial charge >= 0.3 is 5.97 Å². The first kappa shape index (κ1) is 16.4. The van der Waals surface area contributed by atoms with Crippen LogP contribution in [0.4, 0.5) is 4.39 Å². The summed E-state index contributed by atoms with van der Waals surface area (Å²) in [6.45, 7) is 0.369. The van der Waals surface area contributed by atoms with Crippen LogP contribution >= 0.6 is 0 Å². The number of amides is 1. The molecule has 2 aromatic rings. The van der Waals surface area contributed by atoms with E-state index in [0.717, 1.165) is 12.2 Å². The standard InChI is InChI=1S/C17H20FN3O3/c1-21-13-9-11(18)3-4-12(13)20-14(21)5-8-19-15(22)10-17(16(23)24)6-2-7-17/h3-4,9H,2,5-8,10H2,1H3,(H,19,22)(H,23,24). The molecule has 0 spiro atoms. The number of carbonyl (C=O) groups is 2. The second-order valence-corrected chi connectivity index (χ2v) is 6.44. The maximum absolute atomic E-state index is 13.3. The first-order valence-electron chi connectivity index (χ1n) is 8.02. The molecule has 0 unspecified atom stereocenters. The first-order valence-corrected chi connectivity index (χ1v) is 8.02. The molecule has 7 heteroatoms. The van der Waals surface area contributed by atoms with Crippen molar-refractivity contribution in [2.75, 3.05) is 6.54 Å². The number of imidazole rings is 1. The average molecular weight is 333 g/mol. The van der Waals surface area contributed by atoms with E-state index in [-0.39, 0.29) is 18.1 Å². The lowest BCUT2D eigenvalue weighted by atomic mass is 9.66. The number of carboxylic acid groups (broad SMARTS) is 1. The van der Waals surface area contributed by atoms with Crippen molar-refractivity contribution in [3.05, 3.63) is 29.8 Å². The summed E-state index contributed by atoms with van der Waals surface area (Å²) in [5, 5.41) is 12.0. The Balaban J connectivity index is 1.57. The lowest BCUT2D eigenvalue weighted by Gasteiger charge is -2.36. The highest BCUT2D eigenvalue weighted by Gasteiger charge is 2.45. The number of nitrogens with zero attached hydrogens (tertiary/aromatic N) is 2. The second kappa shape index (κ2) is 6.22. The first-order chi connectivity index (χ1) is 11.4. The van der Waals surface area contributed by atoms with Crippen LogP contribution in [-0.4, -0.2) is 33.1 Å². The van der Waals surface area contributed by atoms with Crippen molar-refractivity contribution in [1.82, 2.24) is 14.9 Å². The van der Waals surface area contributed by atoms with Crippen molar-refractivity contribution in [3.63, 3.8) is 0 Å². The highest BCUT2D eigenvalue weighted by atomic mass is 19.1. The van der Waals surface area contributed by atoms with Gasteiger partial charge in [0.15, 0.2) is 0 Å². The van der Waals surface area contributed by atoms with Crippen molar-refractivity contribution in [3.8, 4) is 0 Å². The molecule has 1 amide bonds. The van der Waals surface area contributed by atoms with Crippen LogP contribution in [0.15, 0.2) is 18.2 Å². The summed E-state index contributed by atoms with van der Waals surface area (Å²) in [7, 11) is 1.81. The van der Waals surface area contributed by atoms with Gasteiger partial charge in [-0.3, -0.25) is 9.59 Å². The lowest BCUT2D eigenvalue weighted by molar-refractivity contribution is -0.157. The smallest absolute Gasteiger partial charge is 0.310 e. The van der Waals surface area contributed by atoms with E-state index < -0.39 is 11.4 Å². The normalized spacial score (nSPS) is 15.9. The van der Waals surface area contributed by atoms with Gasteiger partial charge in [-0.25, -0.2) is 9.37 Å². The Morgan fingerprint density at radius 1 is 1.42 bits per heavy atom. The monoisotopic (exact) mass is 333 g/mol. The SMILES string of the molecule is Cn1c(CCNC(=O)CC2(C(=O)O)CCC2)nc2ccc(F)cc21. The molecule has 1 aromatic heterocycles. The van der Waals surface area contributed by atoms with Crippen LogP contribution in [0.1, 0.15) is 31.5 Å². The van der Waals surface area contributed by atoms with Crippen LogP contribution in [0.2, 0.25) is 0 Å². The quantitative estimate of drug-likeness (QED) is 0.847. The van der Waals surface area contributed by atoms with Crippen LogP contribution in [0, 0.1) is 11.2 Å². The Hall–Kier alpha value is -2.44. The Kier molecular flexibility index (Phi) is 4.26. The van der Waals surface area contributed by atoms with Gasteiger partial charge in [0.05, 0.1) is 16.4 Å². The minimum Gasteiger partial charge on any atom is -0.481 e. The number of benzene rings is 1. The number of carbonyl (C=O) groups excluding carboxylic acids is 1. The van der Waals surface area contributed by atoms with Crippen LogP contribution in [0.25, 0.3) is 11.0 Å². The molecule has 1 aliphatic rings. The van der Waals surface area contributed by atoms with E-state index in [0.29, 0.717) is 36.8 Å². The molecule has 1 aromatic carbocycles. The minimum absolute atomic E-state index is 0.0239. The van der Waals surface area contributed by atoms with Gasteiger partial charge in [-0.1, -0.05) is 6.42 Å². The Bertz CT molecular complexity index is 796. The minimum atomic E-state index is -0.888. The fourth-order valence-electron chi connectivity index (χ4n) is 3.19. The van der Waals surface area contributed by atoms with Crippen molar-refractivity contribution < 1.29 is 19.1 Å². The van der Waals surface area contributed by atoms with Gasteiger partial charge in [-0.2, -0.15) is 0 Å². The number of rotatable bonds is 6. The van der Waals surface area contributed by atoms with E-state index >= 15 is 0 Å². The number of aryl methyl sites for hydroxylation is 1. The number of fused-ring (bicyclic) bond motifs is 1. The highest BCUT2D eigenvalue weighted by molar-refractivity contribution is 5.85. The summed E-state index contributed by atoms with van der Waals surface area (Å²) < 4.78 is 15.1. The Morgan fingerprint density at radius 2 is 2.17 bits per heavy atom. The number of aromatic nitrogens is 2. The van der Waals surface area contributed by atoms with Gasteiger partial charge in [0.25, 0.3) is 0 Å². The molecule has 0 atom stereocenters. The summed E-state index contributed by atoms with van der Waals surface area (Å²) in [5.41, 5.74) is 0.537. The molecule has 1 saturated carbocycles. The van der Waals surface area contributed by atoms with E-state index in [1.54, 1.807) is 17.7 Å². The highest BCUT2D eigenvalue weighted by Crippen LogP contribution is 2.44. The molecule has 1 fully saturated rings. The fourth-order valence-corrected chi connectivity index (χ4v) is 3.19. The van der Waals surface area contributed by atoms with E-state index in [1.165, 1.54) is 12.1 Å². The molecular formula is C17H20FN3O3. The maximum Gasteiger partial charge on any atom is 0.310 e. The summed E-state index contributed by atoms with van der Waals surface area (Å²) in [5.74, 6) is -0.708. The molecule has 24 heavy (non-hydrogen) atoms. The molecule has 3 rings (SSSR count). The van der Waals surface area contributed by atoms with E-state index in [4.69, 9.17) is 0 Å². The number of hydrogen-bond donors (Lipinski definition) is 2. The maximum atomic E-state index is 13.3. The molecule has 0 radical (unpaired) electrons. The molecule has 1 heterocycles. The molecule has 128 valence electrons. The van der Waals surface area contributed by atoms with Crippen molar-refractivity contribution in [2.24, 2.45) is 12.5 Å². The Morgan fingerprint density at radius 3 is 2.79 bits per heavy atom. The zero-order chi connectivity index (χ0) is 17.3. The van der Waals surface area contributed by atoms with Crippen molar-refractivity contribution in [1.29, 1.82) is 0 Å². The van der Waals surface area contributed by atoms with Gasteiger partial charge < -0.3 is 15.0 Å². The summed E-state index contributed by atoms with van der Waals surface area (Å²) in [6, 6.07) is 4.42. The van der Waals surface area contributed by atoms with Gasteiger partial charge in [0.2, 0.25) is 5.91 Å². The predicted molar refractivity (Wildman–Crippen MR) is 85.9 cm³/mol. The molecule has 2 N–H and O–H groups in total. The summed E-state index contributed by atoms with van der Waals surface area (Å²) in [4.78, 5) is 27.7. The molecule has 0 saturated heterocycles. The van der Waals surface area contributed by atoms with Crippen LogP contribution < -0.4 is 5.32 Å². The molecular weight excluding hydrogens is 313 g/mol. The third kappa shape index (κ3) is 2.98. The molecule has 6 nitrogen and oxygen atoms in total. The lowest BCUT2D eigenvalue weighted by Crippen LogP contribution is -2.42. The van der Waals surface area contributed by atoms with Gasteiger partial charge in [0.1, 0.15) is 11.6 Å². The molecule has 0 aliphatic heterocycles. The van der Waals surface area contributed by atoms with Crippen LogP contribution in [-0.2, 0) is 23.1 Å². The van der Waals surface area contributed by atoms with Gasteiger partial charge in [-0.15, -0.1) is 0 Å². The zero-order valence-electron chi connectivity index (χ0n) is 13.5. The van der Waals surface area contributed by atoms with Crippen LogP contribution in [0.5, 0.6) is 0 Å². The third-order valence-corrected chi connectivity index (χ3v) is 4.87. The number of carboxylic acids is 1. The largest absolute Gasteiger partial charge is 0.481 e. The van der Waals surface area contributed by atoms with E-state index in [2.05, 4.69) is 10.3 Å². The number of nitrogens with one attached hydrogen (secondary N) is 1. The summed E-state index contributed by atoms with van der Waals surface area (Å²) >= 11 is 0. The average Bonchev–Trinajstić information content (AvgIpc) is 2.79. The number of halogens is 1. The summed E-state index contributed by atoms with van der Waals surface area (Å²) in [6.07, 6.45) is 2.50. The second-order valence-electron chi connectivity index (χ2n) is 6.44. The van der Waals surface area contributed by atoms with Gasteiger partial charge in [0, 0.05) is 26.4 Å². The van der Waals surface area contributed by atoms with Crippen molar-refractivity contribution in [2.45, 2.75) is 32.1 Å². The number of aliphatic carboxylic acids is 1. The topological polar surface area (TPSA) is 84.2 Å². The van der Waals surface area contributed by atoms with E-state index in [9.17, 15) is 19.1 Å². The number of hydrogen-bond acceptors (Lipinski definition) is 3. The zero-order valence-corrected chi connectivity index (χ0v) is 13.5. The fraction of sp³-hybridized carbons (Fsp3) is 0.471. The van der Waals surface area contributed by atoms with Crippen molar-refractivity contribution >= 4 is 22.9 Å². The Labute approximate surface area is 138 Å². The predicted octanol–water partition coefficient (Wildman–Crippen LogP) is 2.02. The van der Waals surface area contributed by atoms with Crippen LogP contribution in [0.3, 0.4) is 0 Å². The van der Waals surface area contributed by atoms with E-state index in [1.807, 2.05) is 0 Å².